The lowest BCUT2D eigenvalue weighted by atomic mass is 9.86. The Morgan fingerprint density at radius 1 is 0.358 bits per heavy atom. The molecule has 12 rings (SSSR count). The van der Waals surface area contributed by atoms with Gasteiger partial charge in [0.15, 0.2) is 0 Å². The Hall–Kier alpha value is -6.90. The van der Waals surface area contributed by atoms with Crippen molar-refractivity contribution in [3.05, 3.63) is 199 Å². The molecule has 2 heterocycles. The zero-order chi connectivity index (χ0) is 34.6. The largest absolute Gasteiger partial charge is 0.456 e. The number of furan rings is 1. The van der Waals surface area contributed by atoms with Crippen LogP contribution < -0.4 is 0 Å². The van der Waals surface area contributed by atoms with E-state index in [1.807, 2.05) is 6.07 Å². The van der Waals surface area contributed by atoms with Gasteiger partial charge in [0, 0.05) is 33.2 Å². The molecule has 11 aromatic rings. The minimum Gasteiger partial charge on any atom is -0.456 e. The van der Waals surface area contributed by atoms with Gasteiger partial charge in [-0.3, -0.25) is 0 Å². The molecule has 1 aliphatic carbocycles. The van der Waals surface area contributed by atoms with Crippen LogP contribution in [0, 0.1) is 0 Å². The second-order valence-corrected chi connectivity index (χ2v) is 14.5. The standard InChI is InChI=1S/C51H31NO/c1-2-12-33-26-36(23-20-31(33)10-1)52-47-25-22-35(28-44(47)45-30-50-46(29-48(45)52)39-16-7-8-19-49(39)53-50)34-21-24-42-43(27-34)38-15-5-6-17-41(38)51(42)40-18-9-13-32-11-3-4-14-37(32)40/h1-30,51H. The molecule has 0 amide bonds. The van der Waals surface area contributed by atoms with Crippen molar-refractivity contribution >= 4 is 65.3 Å². The summed E-state index contributed by atoms with van der Waals surface area (Å²) in [5.41, 5.74) is 14.5. The molecule has 53 heavy (non-hydrogen) atoms. The maximum absolute atomic E-state index is 6.44. The van der Waals surface area contributed by atoms with Gasteiger partial charge in [-0.15, -0.1) is 0 Å². The first kappa shape index (κ1) is 28.8. The van der Waals surface area contributed by atoms with Crippen LogP contribution in [-0.4, -0.2) is 4.57 Å². The molecular formula is C51H31NO. The first-order valence-corrected chi connectivity index (χ1v) is 18.4. The van der Waals surface area contributed by atoms with Crippen molar-refractivity contribution in [3.8, 4) is 27.9 Å². The Bertz CT molecular complexity index is 3300. The molecule has 0 spiro atoms. The molecule has 0 N–H and O–H groups in total. The highest BCUT2D eigenvalue weighted by Gasteiger charge is 2.31. The molecule has 2 heteroatoms. The Morgan fingerprint density at radius 3 is 2.00 bits per heavy atom. The molecule has 1 aliphatic rings. The SMILES string of the molecule is c1ccc2c(c1)-c1cc(-c3ccc4c(c3)c3cc5oc6ccccc6c5cc3n4-c3ccc4ccccc4c3)ccc1C2c1cccc2ccccc12. The Labute approximate surface area is 305 Å². The number of para-hydroxylation sites is 1. The summed E-state index contributed by atoms with van der Waals surface area (Å²) in [4.78, 5) is 0. The van der Waals surface area contributed by atoms with Crippen molar-refractivity contribution < 1.29 is 4.42 Å². The van der Waals surface area contributed by atoms with E-state index < -0.39 is 0 Å². The number of fused-ring (bicyclic) bond motifs is 11. The van der Waals surface area contributed by atoms with E-state index in [1.54, 1.807) is 0 Å². The van der Waals surface area contributed by atoms with E-state index in [-0.39, 0.29) is 5.92 Å². The second-order valence-electron chi connectivity index (χ2n) is 14.5. The number of rotatable bonds is 3. The molecular weight excluding hydrogens is 643 g/mol. The smallest absolute Gasteiger partial charge is 0.136 e. The van der Waals surface area contributed by atoms with Crippen LogP contribution in [0.5, 0.6) is 0 Å². The topological polar surface area (TPSA) is 18.1 Å². The maximum atomic E-state index is 6.44. The van der Waals surface area contributed by atoms with E-state index >= 15 is 0 Å². The van der Waals surface area contributed by atoms with Crippen molar-refractivity contribution in [2.45, 2.75) is 5.92 Å². The zero-order valence-electron chi connectivity index (χ0n) is 28.8. The minimum absolute atomic E-state index is 0.190. The first-order chi connectivity index (χ1) is 26.3. The predicted octanol–water partition coefficient (Wildman–Crippen LogP) is 13.8. The fourth-order valence-corrected chi connectivity index (χ4v) is 9.23. The minimum atomic E-state index is 0.190. The summed E-state index contributed by atoms with van der Waals surface area (Å²) in [6.45, 7) is 0. The Morgan fingerprint density at radius 2 is 1.06 bits per heavy atom. The summed E-state index contributed by atoms with van der Waals surface area (Å²) in [7, 11) is 0. The summed E-state index contributed by atoms with van der Waals surface area (Å²) in [6, 6.07) is 66.9. The van der Waals surface area contributed by atoms with Gasteiger partial charge in [0.25, 0.3) is 0 Å². The fourth-order valence-electron chi connectivity index (χ4n) is 9.23. The number of benzene rings is 9. The van der Waals surface area contributed by atoms with Gasteiger partial charge in [-0.2, -0.15) is 0 Å². The van der Waals surface area contributed by atoms with E-state index in [0.717, 1.165) is 27.6 Å². The summed E-state index contributed by atoms with van der Waals surface area (Å²) < 4.78 is 8.87. The highest BCUT2D eigenvalue weighted by atomic mass is 16.3. The van der Waals surface area contributed by atoms with Crippen LogP contribution in [0.2, 0.25) is 0 Å². The lowest BCUT2D eigenvalue weighted by Gasteiger charge is -2.17. The van der Waals surface area contributed by atoms with Gasteiger partial charge in [-0.1, -0.05) is 133 Å². The van der Waals surface area contributed by atoms with E-state index in [9.17, 15) is 0 Å². The summed E-state index contributed by atoms with van der Waals surface area (Å²) in [6.07, 6.45) is 0. The second kappa shape index (κ2) is 10.8. The van der Waals surface area contributed by atoms with E-state index in [2.05, 4.69) is 180 Å². The van der Waals surface area contributed by atoms with E-state index in [0.29, 0.717) is 0 Å². The molecule has 1 atom stereocenters. The third kappa shape index (κ3) is 4.15. The van der Waals surface area contributed by atoms with Crippen LogP contribution >= 0.6 is 0 Å². The third-order valence-electron chi connectivity index (χ3n) is 11.6. The van der Waals surface area contributed by atoms with Crippen LogP contribution in [0.1, 0.15) is 22.6 Å². The van der Waals surface area contributed by atoms with Crippen molar-refractivity contribution in [3.63, 3.8) is 0 Å². The molecule has 0 saturated carbocycles. The van der Waals surface area contributed by atoms with Crippen LogP contribution in [0.25, 0.3) is 93.2 Å². The average molecular weight is 674 g/mol. The highest BCUT2D eigenvalue weighted by molar-refractivity contribution is 6.17. The van der Waals surface area contributed by atoms with Crippen molar-refractivity contribution in [1.82, 2.24) is 4.57 Å². The summed E-state index contributed by atoms with van der Waals surface area (Å²) in [5.74, 6) is 0.190. The van der Waals surface area contributed by atoms with Crippen molar-refractivity contribution in [1.29, 1.82) is 0 Å². The van der Waals surface area contributed by atoms with E-state index in [1.165, 1.54) is 82.3 Å². The van der Waals surface area contributed by atoms with Crippen molar-refractivity contribution in [2.75, 3.05) is 0 Å². The molecule has 2 aromatic heterocycles. The molecule has 0 fully saturated rings. The maximum Gasteiger partial charge on any atom is 0.136 e. The lowest BCUT2D eigenvalue weighted by molar-refractivity contribution is 0.669. The first-order valence-electron chi connectivity index (χ1n) is 18.4. The van der Waals surface area contributed by atoms with Crippen LogP contribution in [0.4, 0.5) is 0 Å². The quantitative estimate of drug-likeness (QED) is 0.183. The average Bonchev–Trinajstić information content (AvgIpc) is 3.86. The number of aromatic nitrogens is 1. The molecule has 0 aliphatic heterocycles. The van der Waals surface area contributed by atoms with Crippen LogP contribution in [-0.2, 0) is 0 Å². The van der Waals surface area contributed by atoms with Gasteiger partial charge in [-0.05, 0) is 109 Å². The molecule has 0 radical (unpaired) electrons. The number of hydrogen-bond acceptors (Lipinski definition) is 1. The van der Waals surface area contributed by atoms with Crippen LogP contribution in [0.15, 0.2) is 186 Å². The molecule has 246 valence electrons. The number of nitrogens with zero attached hydrogens (tertiary/aromatic N) is 1. The van der Waals surface area contributed by atoms with Gasteiger partial charge < -0.3 is 8.98 Å². The monoisotopic (exact) mass is 673 g/mol. The van der Waals surface area contributed by atoms with Gasteiger partial charge in [-0.25, -0.2) is 0 Å². The van der Waals surface area contributed by atoms with Gasteiger partial charge in [0.05, 0.1) is 11.0 Å². The van der Waals surface area contributed by atoms with Gasteiger partial charge in [0.2, 0.25) is 0 Å². The molecule has 1 unspecified atom stereocenters. The lowest BCUT2D eigenvalue weighted by Crippen LogP contribution is -2.00. The zero-order valence-corrected chi connectivity index (χ0v) is 28.8. The normalized spacial score (nSPS) is 13.8. The highest BCUT2D eigenvalue weighted by Crippen LogP contribution is 2.50. The molecule has 0 bridgehead atoms. The predicted molar refractivity (Wildman–Crippen MR) is 221 cm³/mol. The summed E-state index contributed by atoms with van der Waals surface area (Å²) in [5, 5.41) is 9.74. The van der Waals surface area contributed by atoms with Crippen LogP contribution in [0.3, 0.4) is 0 Å². The molecule has 0 saturated heterocycles. The third-order valence-corrected chi connectivity index (χ3v) is 11.6. The van der Waals surface area contributed by atoms with E-state index in [4.69, 9.17) is 4.42 Å². The van der Waals surface area contributed by atoms with Gasteiger partial charge >= 0.3 is 0 Å². The van der Waals surface area contributed by atoms with Gasteiger partial charge in [0.1, 0.15) is 11.2 Å². The molecule has 9 aromatic carbocycles. The molecule has 2 nitrogen and oxygen atoms in total. The Kier molecular flexibility index (Phi) is 5.86. The van der Waals surface area contributed by atoms with Crippen molar-refractivity contribution in [2.24, 2.45) is 0 Å². The summed E-state index contributed by atoms with van der Waals surface area (Å²) >= 11 is 0. The fraction of sp³-hybridized carbons (Fsp3) is 0.0196. The Balaban J connectivity index is 1.08. The number of hydrogen-bond donors (Lipinski definition) is 0.